The molecule has 4 rings (SSSR count). The maximum Gasteiger partial charge on any atom is 0.119 e. The molecule has 24 heavy (non-hydrogen) atoms. The lowest BCUT2D eigenvalue weighted by molar-refractivity contribution is -0.0802. The average Bonchev–Trinajstić information content (AvgIpc) is 3.13. The fourth-order valence-corrected chi connectivity index (χ4v) is 3.85. The molecule has 0 radical (unpaired) electrons. The van der Waals surface area contributed by atoms with Crippen LogP contribution in [0.2, 0.25) is 0 Å². The first-order valence-electron chi connectivity index (χ1n) is 8.92. The number of benzene rings is 1. The van der Waals surface area contributed by atoms with Gasteiger partial charge in [0.15, 0.2) is 0 Å². The molecule has 1 aromatic heterocycles. The Morgan fingerprint density at radius 3 is 3.04 bits per heavy atom. The fraction of sp³-hybridized carbons (Fsp3) is 0.526. The summed E-state index contributed by atoms with van der Waals surface area (Å²) in [6.45, 7) is 4.55. The second-order valence-electron chi connectivity index (χ2n) is 6.66. The van der Waals surface area contributed by atoms with Crippen LogP contribution in [0.25, 0.3) is 0 Å². The Hall–Kier alpha value is -1.85. The van der Waals surface area contributed by atoms with Gasteiger partial charge in [0.1, 0.15) is 5.75 Å². The van der Waals surface area contributed by atoms with Crippen molar-refractivity contribution in [1.29, 1.82) is 0 Å². The highest BCUT2D eigenvalue weighted by atomic mass is 16.5. The second-order valence-corrected chi connectivity index (χ2v) is 6.66. The molecule has 1 fully saturated rings. The number of rotatable bonds is 5. The van der Waals surface area contributed by atoms with Crippen molar-refractivity contribution in [3.63, 3.8) is 0 Å². The Labute approximate surface area is 143 Å². The third-order valence-corrected chi connectivity index (χ3v) is 5.12. The first kappa shape index (κ1) is 15.7. The van der Waals surface area contributed by atoms with E-state index in [0.717, 1.165) is 64.3 Å². The number of aryl methyl sites for hydroxylation is 1. The predicted molar refractivity (Wildman–Crippen MR) is 92.2 cm³/mol. The van der Waals surface area contributed by atoms with Crippen molar-refractivity contribution in [2.45, 2.75) is 37.8 Å². The third-order valence-electron chi connectivity index (χ3n) is 5.12. The van der Waals surface area contributed by atoms with Gasteiger partial charge in [-0.15, -0.1) is 0 Å². The molecule has 0 saturated carbocycles. The van der Waals surface area contributed by atoms with Crippen LogP contribution >= 0.6 is 0 Å². The van der Waals surface area contributed by atoms with Gasteiger partial charge in [-0.2, -0.15) is 0 Å². The summed E-state index contributed by atoms with van der Waals surface area (Å²) >= 11 is 0. The van der Waals surface area contributed by atoms with Crippen LogP contribution in [0.1, 0.15) is 30.4 Å². The zero-order valence-electron chi connectivity index (χ0n) is 14.0. The van der Waals surface area contributed by atoms with Gasteiger partial charge in [-0.05, 0) is 62.0 Å². The summed E-state index contributed by atoms with van der Waals surface area (Å²) in [4.78, 5) is 4.05. The van der Waals surface area contributed by atoms with Crippen LogP contribution in [0.5, 0.6) is 5.75 Å². The molecule has 2 aromatic rings. The van der Waals surface area contributed by atoms with Crippen molar-refractivity contribution in [1.82, 2.24) is 14.9 Å². The molecular weight excluding hydrogens is 302 g/mol. The zero-order valence-corrected chi connectivity index (χ0v) is 14.0. The average molecular weight is 327 g/mol. The first-order chi connectivity index (χ1) is 11.9. The minimum Gasteiger partial charge on any atom is -0.494 e. The van der Waals surface area contributed by atoms with Gasteiger partial charge in [0.2, 0.25) is 0 Å². The maximum atomic E-state index is 6.22. The van der Waals surface area contributed by atoms with Crippen LogP contribution in [0.3, 0.4) is 0 Å². The van der Waals surface area contributed by atoms with Crippen LogP contribution in [-0.4, -0.2) is 35.9 Å². The molecule has 0 amide bonds. The predicted octanol–water partition coefficient (Wildman–Crippen LogP) is 2.50. The van der Waals surface area contributed by atoms with Crippen LogP contribution in [0.4, 0.5) is 0 Å². The minimum atomic E-state index is -0.0706. The Kier molecular flexibility index (Phi) is 4.54. The molecule has 2 aliphatic rings. The Bertz CT molecular complexity index is 663. The highest BCUT2D eigenvalue weighted by molar-refractivity contribution is 5.41. The standard InChI is InChI=1S/C19H25N3O2/c1(10-22-11-9-21-15-22)12-23-17-2-3-18-16(14-17)4-13-24-19(18)5-7-20-8-6-19/h2-3,9,11,14-15,20H,1,4-8,10,12-13H2. The van der Waals surface area contributed by atoms with Crippen LogP contribution in [0.15, 0.2) is 36.9 Å². The van der Waals surface area contributed by atoms with Gasteiger partial charge < -0.3 is 19.4 Å². The van der Waals surface area contributed by atoms with E-state index >= 15 is 0 Å². The number of ether oxygens (including phenoxy) is 2. The van der Waals surface area contributed by atoms with Gasteiger partial charge in [-0.3, -0.25) is 0 Å². The number of nitrogens with one attached hydrogen (secondary N) is 1. The molecule has 3 heterocycles. The summed E-state index contributed by atoms with van der Waals surface area (Å²) < 4.78 is 14.3. The first-order valence-corrected chi connectivity index (χ1v) is 8.92. The molecule has 1 N–H and O–H groups in total. The smallest absolute Gasteiger partial charge is 0.119 e. The Morgan fingerprint density at radius 1 is 1.29 bits per heavy atom. The van der Waals surface area contributed by atoms with E-state index in [1.165, 1.54) is 11.1 Å². The van der Waals surface area contributed by atoms with Gasteiger partial charge in [0.25, 0.3) is 0 Å². The number of hydrogen-bond acceptors (Lipinski definition) is 4. The maximum absolute atomic E-state index is 6.22. The largest absolute Gasteiger partial charge is 0.494 e. The minimum absolute atomic E-state index is 0.0706. The molecule has 0 unspecified atom stereocenters. The van der Waals surface area contributed by atoms with Crippen LogP contribution < -0.4 is 10.1 Å². The lowest BCUT2D eigenvalue weighted by Gasteiger charge is -2.42. The third kappa shape index (κ3) is 3.19. The van der Waals surface area contributed by atoms with E-state index < -0.39 is 0 Å². The molecule has 1 saturated heterocycles. The lowest BCUT2D eigenvalue weighted by Crippen LogP contribution is -2.44. The van der Waals surface area contributed by atoms with E-state index in [2.05, 4.69) is 33.1 Å². The van der Waals surface area contributed by atoms with E-state index in [1.54, 1.807) is 0 Å². The van der Waals surface area contributed by atoms with E-state index in [4.69, 9.17) is 9.47 Å². The normalized spacial score (nSPS) is 19.2. The molecular formula is C19H25N3O2. The van der Waals surface area contributed by atoms with Crippen molar-refractivity contribution in [2.24, 2.45) is 0 Å². The molecule has 0 aliphatic carbocycles. The fourth-order valence-electron chi connectivity index (χ4n) is 3.85. The van der Waals surface area contributed by atoms with Gasteiger partial charge in [0.05, 0.1) is 25.1 Å². The molecule has 1 spiro atoms. The van der Waals surface area contributed by atoms with E-state index in [-0.39, 0.29) is 5.60 Å². The van der Waals surface area contributed by atoms with Crippen molar-refractivity contribution in [3.05, 3.63) is 48.0 Å². The number of nitrogens with zero attached hydrogens (tertiary/aromatic N) is 2. The monoisotopic (exact) mass is 327 g/mol. The second kappa shape index (κ2) is 6.95. The van der Waals surface area contributed by atoms with E-state index in [9.17, 15) is 0 Å². The van der Waals surface area contributed by atoms with Gasteiger partial charge in [0, 0.05) is 18.9 Å². The van der Waals surface area contributed by atoms with Crippen LogP contribution in [0, 0.1) is 0 Å². The summed E-state index contributed by atoms with van der Waals surface area (Å²) in [5, 5.41) is 3.43. The SMILES string of the molecule is c1cn(CCCOc2ccc3c(c2)CCOC32CCNCC2)cn1. The number of piperidine rings is 1. The van der Waals surface area contributed by atoms with Gasteiger partial charge in [-0.1, -0.05) is 6.07 Å². The summed E-state index contributed by atoms with van der Waals surface area (Å²) in [6.07, 6.45) is 9.72. The zero-order chi connectivity index (χ0) is 16.2. The van der Waals surface area contributed by atoms with Crippen molar-refractivity contribution in [3.8, 4) is 5.75 Å². The topological polar surface area (TPSA) is 48.3 Å². The number of fused-ring (bicyclic) bond motifs is 2. The van der Waals surface area contributed by atoms with E-state index in [1.807, 2.05) is 18.7 Å². The van der Waals surface area contributed by atoms with Gasteiger partial charge in [-0.25, -0.2) is 4.98 Å². The number of imidazole rings is 1. The lowest BCUT2D eigenvalue weighted by atomic mass is 9.80. The van der Waals surface area contributed by atoms with E-state index in [0.29, 0.717) is 0 Å². The molecule has 5 nitrogen and oxygen atoms in total. The molecule has 0 atom stereocenters. The highest BCUT2D eigenvalue weighted by Gasteiger charge is 2.38. The van der Waals surface area contributed by atoms with Crippen molar-refractivity contribution >= 4 is 0 Å². The molecule has 5 heteroatoms. The molecule has 1 aromatic carbocycles. The number of aromatic nitrogens is 2. The van der Waals surface area contributed by atoms with Gasteiger partial charge >= 0.3 is 0 Å². The summed E-state index contributed by atoms with van der Waals surface area (Å²) in [5.41, 5.74) is 2.70. The summed E-state index contributed by atoms with van der Waals surface area (Å²) in [6, 6.07) is 6.55. The summed E-state index contributed by atoms with van der Waals surface area (Å²) in [7, 11) is 0. The molecule has 2 aliphatic heterocycles. The van der Waals surface area contributed by atoms with Crippen LogP contribution in [-0.2, 0) is 23.3 Å². The molecule has 128 valence electrons. The quantitative estimate of drug-likeness (QED) is 0.857. The number of hydrogen-bond donors (Lipinski definition) is 1. The Balaban J connectivity index is 1.39. The van der Waals surface area contributed by atoms with Crippen molar-refractivity contribution in [2.75, 3.05) is 26.3 Å². The Morgan fingerprint density at radius 2 is 2.21 bits per heavy atom. The van der Waals surface area contributed by atoms with Crippen molar-refractivity contribution < 1.29 is 9.47 Å². The highest BCUT2D eigenvalue weighted by Crippen LogP contribution is 2.41. The summed E-state index contributed by atoms with van der Waals surface area (Å²) in [5.74, 6) is 0.977. The molecule has 0 bridgehead atoms.